The Hall–Kier alpha value is -1.62. The molecule has 2 rings (SSSR count). The van der Waals surface area contributed by atoms with E-state index in [0.29, 0.717) is 30.8 Å². The number of hydrogen-bond acceptors (Lipinski definition) is 5. The number of nitrogens with zero attached hydrogens (tertiary/aromatic N) is 1. The van der Waals surface area contributed by atoms with E-state index in [2.05, 4.69) is 23.6 Å². The number of esters is 1. The zero-order valence-corrected chi connectivity index (χ0v) is 13.6. The summed E-state index contributed by atoms with van der Waals surface area (Å²) in [6.45, 7) is 4.85. The molecule has 4 atom stereocenters. The molecule has 0 spiro atoms. The standard InChI is InChI=1S/C17H26N2O3/c1-11-8-13(14-4-6-19-10-15(14)18)9-12(2)17(11)22-7-5-16(20)21-3/h4,6,10-13,17H,5,7-9,18H2,1-3H3/t11-,12+,13?,17?. The van der Waals surface area contributed by atoms with Gasteiger partial charge in [0.25, 0.3) is 0 Å². The predicted molar refractivity (Wildman–Crippen MR) is 85.3 cm³/mol. The van der Waals surface area contributed by atoms with Gasteiger partial charge in [0.1, 0.15) is 0 Å². The zero-order valence-electron chi connectivity index (χ0n) is 13.6. The zero-order chi connectivity index (χ0) is 16.1. The second kappa shape index (κ2) is 7.58. The fraction of sp³-hybridized carbons (Fsp3) is 0.647. The maximum Gasteiger partial charge on any atom is 0.307 e. The molecule has 1 heterocycles. The van der Waals surface area contributed by atoms with Crippen LogP contribution in [0, 0.1) is 11.8 Å². The van der Waals surface area contributed by atoms with Gasteiger partial charge in [0.15, 0.2) is 0 Å². The quantitative estimate of drug-likeness (QED) is 0.847. The van der Waals surface area contributed by atoms with E-state index in [9.17, 15) is 4.79 Å². The Bertz CT molecular complexity index is 494. The summed E-state index contributed by atoms with van der Waals surface area (Å²) in [5, 5.41) is 0. The maximum absolute atomic E-state index is 11.2. The molecule has 1 aromatic heterocycles. The summed E-state index contributed by atoms with van der Waals surface area (Å²) in [5.74, 6) is 1.09. The molecule has 1 aromatic rings. The molecule has 5 heteroatoms. The largest absolute Gasteiger partial charge is 0.469 e. The van der Waals surface area contributed by atoms with Gasteiger partial charge in [0.05, 0.1) is 38.1 Å². The number of nitrogens with two attached hydrogens (primary N) is 1. The highest BCUT2D eigenvalue weighted by Crippen LogP contribution is 2.42. The van der Waals surface area contributed by atoms with Crippen LogP contribution in [0.2, 0.25) is 0 Å². The normalized spacial score (nSPS) is 28.3. The van der Waals surface area contributed by atoms with Gasteiger partial charge in [-0.25, -0.2) is 0 Å². The lowest BCUT2D eigenvalue weighted by Gasteiger charge is -2.39. The topological polar surface area (TPSA) is 74.4 Å². The van der Waals surface area contributed by atoms with Crippen molar-refractivity contribution in [2.24, 2.45) is 11.8 Å². The number of nitrogen functional groups attached to an aromatic ring is 1. The number of anilines is 1. The van der Waals surface area contributed by atoms with Crippen molar-refractivity contribution in [1.29, 1.82) is 0 Å². The van der Waals surface area contributed by atoms with Crippen LogP contribution in [0.1, 0.15) is 44.6 Å². The van der Waals surface area contributed by atoms with E-state index in [1.807, 2.05) is 6.07 Å². The van der Waals surface area contributed by atoms with E-state index in [-0.39, 0.29) is 12.1 Å². The Morgan fingerprint density at radius 1 is 1.36 bits per heavy atom. The first-order chi connectivity index (χ1) is 10.5. The summed E-state index contributed by atoms with van der Waals surface area (Å²) in [5.41, 5.74) is 8.03. The minimum atomic E-state index is -0.224. The van der Waals surface area contributed by atoms with Gasteiger partial charge in [-0.1, -0.05) is 13.8 Å². The van der Waals surface area contributed by atoms with Gasteiger partial charge in [-0.3, -0.25) is 9.78 Å². The van der Waals surface area contributed by atoms with Crippen molar-refractivity contribution in [3.63, 3.8) is 0 Å². The summed E-state index contributed by atoms with van der Waals surface area (Å²) < 4.78 is 10.6. The average Bonchev–Trinajstić information content (AvgIpc) is 2.50. The van der Waals surface area contributed by atoms with Crippen molar-refractivity contribution in [3.8, 4) is 0 Å². The lowest BCUT2D eigenvalue weighted by Crippen LogP contribution is -2.36. The molecule has 0 aromatic carbocycles. The first kappa shape index (κ1) is 16.7. The van der Waals surface area contributed by atoms with Crippen molar-refractivity contribution >= 4 is 11.7 Å². The number of pyridine rings is 1. The minimum Gasteiger partial charge on any atom is -0.469 e. The van der Waals surface area contributed by atoms with Gasteiger partial charge in [-0.15, -0.1) is 0 Å². The van der Waals surface area contributed by atoms with Gasteiger partial charge in [0, 0.05) is 6.20 Å². The van der Waals surface area contributed by atoms with Crippen LogP contribution >= 0.6 is 0 Å². The van der Waals surface area contributed by atoms with Crippen molar-refractivity contribution in [3.05, 3.63) is 24.0 Å². The number of aromatic nitrogens is 1. The molecule has 122 valence electrons. The minimum absolute atomic E-state index is 0.184. The summed E-state index contributed by atoms with van der Waals surface area (Å²) in [6, 6.07) is 2.03. The Morgan fingerprint density at radius 2 is 2.05 bits per heavy atom. The molecule has 1 fully saturated rings. The molecule has 1 aliphatic rings. The third-order valence-corrected chi connectivity index (χ3v) is 4.61. The first-order valence-electron chi connectivity index (χ1n) is 7.90. The van der Waals surface area contributed by atoms with E-state index < -0.39 is 0 Å². The molecule has 0 amide bonds. The van der Waals surface area contributed by atoms with Crippen LogP contribution in [-0.2, 0) is 14.3 Å². The van der Waals surface area contributed by atoms with Gasteiger partial charge in [-0.05, 0) is 42.2 Å². The summed E-state index contributed by atoms with van der Waals surface area (Å²) in [4.78, 5) is 15.2. The van der Waals surface area contributed by atoms with Crippen LogP contribution in [0.5, 0.6) is 0 Å². The number of carbonyl (C=O) groups excluding carboxylic acids is 1. The molecule has 1 aliphatic carbocycles. The Kier molecular flexibility index (Phi) is 5.77. The fourth-order valence-electron chi connectivity index (χ4n) is 3.57. The highest BCUT2D eigenvalue weighted by molar-refractivity contribution is 5.69. The number of methoxy groups -OCH3 is 1. The maximum atomic E-state index is 11.2. The third-order valence-electron chi connectivity index (χ3n) is 4.61. The highest BCUT2D eigenvalue weighted by Gasteiger charge is 2.35. The number of rotatable bonds is 5. The second-order valence-corrected chi connectivity index (χ2v) is 6.29. The van der Waals surface area contributed by atoms with Crippen LogP contribution in [-0.4, -0.2) is 30.8 Å². The summed E-state index contributed by atoms with van der Waals surface area (Å²) >= 11 is 0. The summed E-state index contributed by atoms with van der Waals surface area (Å²) in [7, 11) is 1.40. The molecular formula is C17H26N2O3. The van der Waals surface area contributed by atoms with Crippen molar-refractivity contribution in [2.75, 3.05) is 19.5 Å². The van der Waals surface area contributed by atoms with Crippen LogP contribution in [0.15, 0.2) is 18.5 Å². The van der Waals surface area contributed by atoms with E-state index in [4.69, 9.17) is 10.5 Å². The highest BCUT2D eigenvalue weighted by atomic mass is 16.5. The molecule has 2 unspecified atom stereocenters. The molecule has 0 saturated heterocycles. The average molecular weight is 306 g/mol. The van der Waals surface area contributed by atoms with Gasteiger partial charge >= 0.3 is 5.97 Å². The van der Waals surface area contributed by atoms with Crippen molar-refractivity contribution in [2.45, 2.75) is 45.1 Å². The van der Waals surface area contributed by atoms with E-state index in [1.165, 1.54) is 12.7 Å². The molecule has 0 aliphatic heterocycles. The molecule has 2 N–H and O–H groups in total. The Labute approximate surface area is 132 Å². The van der Waals surface area contributed by atoms with Gasteiger partial charge < -0.3 is 15.2 Å². The van der Waals surface area contributed by atoms with Gasteiger partial charge in [0.2, 0.25) is 0 Å². The first-order valence-corrected chi connectivity index (χ1v) is 7.90. The third kappa shape index (κ3) is 3.97. The molecular weight excluding hydrogens is 280 g/mol. The van der Waals surface area contributed by atoms with E-state index in [0.717, 1.165) is 18.5 Å². The van der Waals surface area contributed by atoms with Crippen LogP contribution in [0.25, 0.3) is 0 Å². The smallest absolute Gasteiger partial charge is 0.307 e. The van der Waals surface area contributed by atoms with Gasteiger partial charge in [-0.2, -0.15) is 0 Å². The number of ether oxygens (including phenoxy) is 2. The Balaban J connectivity index is 1.94. The molecule has 0 bridgehead atoms. The molecule has 1 saturated carbocycles. The van der Waals surface area contributed by atoms with Crippen LogP contribution in [0.3, 0.4) is 0 Å². The molecule has 5 nitrogen and oxygen atoms in total. The number of carbonyl (C=O) groups is 1. The Morgan fingerprint density at radius 3 is 2.64 bits per heavy atom. The second-order valence-electron chi connectivity index (χ2n) is 6.29. The lowest BCUT2D eigenvalue weighted by molar-refractivity contribution is -0.143. The van der Waals surface area contributed by atoms with E-state index >= 15 is 0 Å². The summed E-state index contributed by atoms with van der Waals surface area (Å²) in [6.07, 6.45) is 6.11. The van der Waals surface area contributed by atoms with Crippen molar-refractivity contribution < 1.29 is 14.3 Å². The monoisotopic (exact) mass is 306 g/mol. The SMILES string of the molecule is COC(=O)CCOC1[C@H](C)CC(c2ccncc2N)C[C@@H]1C. The predicted octanol–water partition coefficient (Wildman–Crippen LogP) is 2.76. The fourth-order valence-corrected chi connectivity index (χ4v) is 3.57. The molecule has 0 radical (unpaired) electrons. The van der Waals surface area contributed by atoms with Crippen molar-refractivity contribution in [1.82, 2.24) is 4.98 Å². The lowest BCUT2D eigenvalue weighted by atomic mass is 9.72. The molecule has 22 heavy (non-hydrogen) atoms. The van der Waals surface area contributed by atoms with E-state index in [1.54, 1.807) is 12.4 Å². The van der Waals surface area contributed by atoms with Crippen LogP contribution < -0.4 is 5.73 Å². The number of hydrogen-bond donors (Lipinski definition) is 1. The van der Waals surface area contributed by atoms with Crippen LogP contribution in [0.4, 0.5) is 5.69 Å².